The van der Waals surface area contributed by atoms with E-state index in [2.05, 4.69) is 36.1 Å². The van der Waals surface area contributed by atoms with Gasteiger partial charge < -0.3 is 9.80 Å². The maximum Gasteiger partial charge on any atom is 0.226 e. The molecule has 25 heavy (non-hydrogen) atoms. The number of piperidine rings is 1. The summed E-state index contributed by atoms with van der Waals surface area (Å²) >= 11 is 0. The standard InChI is InChI=1S/C21H28N2O2/c1-2-22-15-21(14-19(22)24)9-11-23(12-10-21)20(25)18-8-7-16-5-3-4-6-17(16)13-18/h3-6,18H,2,7-15H2,1H3/t18-/m1/s1. The predicted molar refractivity (Wildman–Crippen MR) is 97.1 cm³/mol. The van der Waals surface area contributed by atoms with Crippen molar-refractivity contribution in [1.29, 1.82) is 0 Å². The summed E-state index contributed by atoms with van der Waals surface area (Å²) in [7, 11) is 0. The van der Waals surface area contributed by atoms with Crippen molar-refractivity contribution in [1.82, 2.24) is 9.80 Å². The van der Waals surface area contributed by atoms with Crippen LogP contribution in [0.1, 0.15) is 43.7 Å². The Morgan fingerprint density at radius 3 is 2.60 bits per heavy atom. The van der Waals surface area contributed by atoms with Crippen molar-refractivity contribution in [3.8, 4) is 0 Å². The summed E-state index contributed by atoms with van der Waals surface area (Å²) in [5.74, 6) is 0.772. The fourth-order valence-electron chi connectivity index (χ4n) is 4.97. The minimum absolute atomic E-state index is 0.128. The molecule has 0 N–H and O–H groups in total. The van der Waals surface area contributed by atoms with E-state index in [9.17, 15) is 9.59 Å². The molecule has 0 saturated carbocycles. The molecule has 3 aliphatic rings. The molecule has 2 amide bonds. The molecular formula is C21H28N2O2. The smallest absolute Gasteiger partial charge is 0.226 e. The van der Waals surface area contributed by atoms with E-state index in [0.29, 0.717) is 18.2 Å². The zero-order chi connectivity index (χ0) is 17.4. The van der Waals surface area contributed by atoms with Gasteiger partial charge in [-0.25, -0.2) is 0 Å². The van der Waals surface area contributed by atoms with Crippen LogP contribution in [0.3, 0.4) is 0 Å². The fourth-order valence-corrected chi connectivity index (χ4v) is 4.97. The van der Waals surface area contributed by atoms with Crippen molar-refractivity contribution >= 4 is 11.8 Å². The number of carbonyl (C=O) groups is 2. The average Bonchev–Trinajstić information content (AvgIpc) is 2.96. The zero-order valence-corrected chi connectivity index (χ0v) is 15.2. The van der Waals surface area contributed by atoms with Gasteiger partial charge in [-0.3, -0.25) is 9.59 Å². The number of amides is 2. The molecule has 1 spiro atoms. The molecule has 0 radical (unpaired) electrons. The Hall–Kier alpha value is -1.84. The van der Waals surface area contributed by atoms with Crippen LogP contribution in [0.25, 0.3) is 0 Å². The molecular weight excluding hydrogens is 312 g/mol. The lowest BCUT2D eigenvalue weighted by atomic mass is 9.77. The van der Waals surface area contributed by atoms with Gasteiger partial charge in [0.1, 0.15) is 0 Å². The first kappa shape index (κ1) is 16.6. The first-order valence-corrected chi connectivity index (χ1v) is 9.73. The van der Waals surface area contributed by atoms with E-state index in [1.54, 1.807) is 0 Å². The molecule has 0 aromatic heterocycles. The summed E-state index contributed by atoms with van der Waals surface area (Å²) in [4.78, 5) is 29.2. The lowest BCUT2D eigenvalue weighted by molar-refractivity contribution is -0.138. The minimum Gasteiger partial charge on any atom is -0.342 e. The topological polar surface area (TPSA) is 40.6 Å². The van der Waals surface area contributed by atoms with Crippen LogP contribution in [0.5, 0.6) is 0 Å². The Balaban J connectivity index is 1.37. The molecule has 1 atom stereocenters. The third-order valence-corrected chi connectivity index (χ3v) is 6.62. The van der Waals surface area contributed by atoms with Gasteiger partial charge in [-0.2, -0.15) is 0 Å². The maximum atomic E-state index is 13.0. The molecule has 1 aromatic carbocycles. The van der Waals surface area contributed by atoms with Gasteiger partial charge in [0.05, 0.1) is 0 Å². The third kappa shape index (κ3) is 3.07. The minimum atomic E-state index is 0.128. The van der Waals surface area contributed by atoms with Gasteiger partial charge in [0, 0.05) is 43.9 Å². The van der Waals surface area contributed by atoms with Crippen LogP contribution < -0.4 is 0 Å². The average molecular weight is 340 g/mol. The fraction of sp³-hybridized carbons (Fsp3) is 0.619. The van der Waals surface area contributed by atoms with Gasteiger partial charge >= 0.3 is 0 Å². The molecule has 1 aliphatic carbocycles. The summed E-state index contributed by atoms with van der Waals surface area (Å²) in [6.07, 6.45) is 5.51. The molecule has 2 saturated heterocycles. The maximum absolute atomic E-state index is 13.0. The SMILES string of the molecule is CCN1CC2(CCN(C(=O)[C@@H]3CCc4ccccc4C3)CC2)CC1=O. The molecule has 0 bridgehead atoms. The van der Waals surface area contributed by atoms with E-state index >= 15 is 0 Å². The van der Waals surface area contributed by atoms with Crippen LogP contribution in [0.2, 0.25) is 0 Å². The van der Waals surface area contributed by atoms with Gasteiger partial charge in [-0.15, -0.1) is 0 Å². The van der Waals surface area contributed by atoms with Crippen LogP contribution in [-0.2, 0) is 22.4 Å². The van der Waals surface area contributed by atoms with E-state index in [1.165, 1.54) is 11.1 Å². The normalized spacial score (nSPS) is 25.3. The van der Waals surface area contributed by atoms with E-state index < -0.39 is 0 Å². The Labute approximate surface area is 150 Å². The number of fused-ring (bicyclic) bond motifs is 1. The van der Waals surface area contributed by atoms with E-state index in [-0.39, 0.29) is 11.3 Å². The largest absolute Gasteiger partial charge is 0.342 e. The molecule has 134 valence electrons. The first-order valence-electron chi connectivity index (χ1n) is 9.73. The second kappa shape index (κ2) is 6.47. The Bertz CT molecular complexity index is 676. The van der Waals surface area contributed by atoms with Crippen molar-refractivity contribution in [2.75, 3.05) is 26.2 Å². The molecule has 4 heteroatoms. The van der Waals surface area contributed by atoms with E-state index in [4.69, 9.17) is 0 Å². The molecule has 2 heterocycles. The van der Waals surface area contributed by atoms with Gasteiger partial charge in [0.25, 0.3) is 0 Å². The summed E-state index contributed by atoms with van der Waals surface area (Å²) in [5.41, 5.74) is 2.89. The highest BCUT2D eigenvalue weighted by Crippen LogP contribution is 2.41. The molecule has 2 aliphatic heterocycles. The summed E-state index contributed by atoms with van der Waals surface area (Å²) in [6, 6.07) is 8.53. The van der Waals surface area contributed by atoms with Crippen LogP contribution in [0.4, 0.5) is 0 Å². The lowest BCUT2D eigenvalue weighted by Crippen LogP contribution is -2.47. The van der Waals surface area contributed by atoms with E-state index in [1.807, 2.05) is 4.90 Å². The lowest BCUT2D eigenvalue weighted by Gasteiger charge is -2.40. The molecule has 1 aromatic rings. The number of likely N-dealkylation sites (tertiary alicyclic amines) is 2. The van der Waals surface area contributed by atoms with Crippen molar-refractivity contribution in [2.24, 2.45) is 11.3 Å². The number of nitrogens with zero attached hydrogens (tertiary/aromatic N) is 2. The quantitative estimate of drug-likeness (QED) is 0.830. The van der Waals surface area contributed by atoms with Gasteiger partial charge in [0.15, 0.2) is 0 Å². The van der Waals surface area contributed by atoms with Crippen LogP contribution >= 0.6 is 0 Å². The second-order valence-electron chi connectivity index (χ2n) is 8.12. The van der Waals surface area contributed by atoms with Gasteiger partial charge in [-0.05, 0) is 50.2 Å². The Kier molecular flexibility index (Phi) is 4.30. The van der Waals surface area contributed by atoms with Crippen LogP contribution in [0, 0.1) is 11.3 Å². The number of rotatable bonds is 2. The van der Waals surface area contributed by atoms with Crippen LogP contribution in [0.15, 0.2) is 24.3 Å². The summed E-state index contributed by atoms with van der Waals surface area (Å²) < 4.78 is 0. The van der Waals surface area contributed by atoms with Crippen molar-refractivity contribution < 1.29 is 9.59 Å². The first-order chi connectivity index (χ1) is 12.1. The van der Waals surface area contributed by atoms with Crippen LogP contribution in [-0.4, -0.2) is 47.8 Å². The number of hydrogen-bond acceptors (Lipinski definition) is 2. The number of hydrogen-bond donors (Lipinski definition) is 0. The molecule has 4 rings (SSSR count). The summed E-state index contributed by atoms with van der Waals surface area (Å²) in [6.45, 7) is 5.39. The molecule has 2 fully saturated rings. The monoisotopic (exact) mass is 340 g/mol. The molecule has 0 unspecified atom stereocenters. The van der Waals surface area contributed by atoms with Crippen molar-refractivity contribution in [3.63, 3.8) is 0 Å². The van der Waals surface area contributed by atoms with Crippen molar-refractivity contribution in [3.05, 3.63) is 35.4 Å². The second-order valence-corrected chi connectivity index (χ2v) is 8.12. The van der Waals surface area contributed by atoms with E-state index in [0.717, 1.165) is 58.3 Å². The number of aryl methyl sites for hydroxylation is 1. The third-order valence-electron chi connectivity index (χ3n) is 6.62. The highest BCUT2D eigenvalue weighted by Gasteiger charge is 2.45. The number of carbonyl (C=O) groups excluding carboxylic acids is 2. The van der Waals surface area contributed by atoms with Gasteiger partial charge in [-0.1, -0.05) is 24.3 Å². The number of benzene rings is 1. The van der Waals surface area contributed by atoms with Crippen molar-refractivity contribution in [2.45, 2.75) is 45.4 Å². The highest BCUT2D eigenvalue weighted by molar-refractivity contribution is 5.81. The molecule has 4 nitrogen and oxygen atoms in total. The zero-order valence-electron chi connectivity index (χ0n) is 15.2. The Morgan fingerprint density at radius 2 is 1.92 bits per heavy atom. The highest BCUT2D eigenvalue weighted by atomic mass is 16.2. The Morgan fingerprint density at radius 1 is 1.20 bits per heavy atom. The summed E-state index contributed by atoms with van der Waals surface area (Å²) in [5, 5.41) is 0. The predicted octanol–water partition coefficient (Wildman–Crippen LogP) is 2.65. The van der Waals surface area contributed by atoms with Gasteiger partial charge in [0.2, 0.25) is 11.8 Å².